The zero-order chi connectivity index (χ0) is 16.7. The van der Waals surface area contributed by atoms with E-state index in [1.165, 1.54) is 5.69 Å². The molecule has 4 nitrogen and oxygen atoms in total. The second kappa shape index (κ2) is 8.47. The lowest BCUT2D eigenvalue weighted by Crippen LogP contribution is -2.28. The molecule has 0 heterocycles. The number of hydrogen-bond acceptors (Lipinski definition) is 3. The first-order valence-electron chi connectivity index (χ1n) is 7.85. The van der Waals surface area contributed by atoms with Crippen molar-refractivity contribution >= 4 is 17.3 Å². The lowest BCUT2D eigenvalue weighted by molar-refractivity contribution is -0.136. The van der Waals surface area contributed by atoms with Crippen LogP contribution in [-0.2, 0) is 4.79 Å². The molecule has 0 bridgehead atoms. The molecule has 0 aliphatic heterocycles. The fourth-order valence-corrected chi connectivity index (χ4v) is 2.62. The van der Waals surface area contributed by atoms with Crippen LogP contribution in [0.2, 0.25) is 0 Å². The van der Waals surface area contributed by atoms with Crippen molar-refractivity contribution in [1.29, 1.82) is 0 Å². The maximum absolute atomic E-state index is 10.9. The van der Waals surface area contributed by atoms with E-state index in [9.17, 15) is 4.79 Å². The molecule has 0 amide bonds. The largest absolute Gasteiger partial charge is 0.481 e. The van der Waals surface area contributed by atoms with Gasteiger partial charge in [0.15, 0.2) is 0 Å². The maximum atomic E-state index is 10.9. The third kappa shape index (κ3) is 5.10. The van der Waals surface area contributed by atoms with Gasteiger partial charge in [0.25, 0.3) is 0 Å². The average molecular weight is 304 g/mol. The second-order valence-electron chi connectivity index (χ2n) is 5.67. The van der Waals surface area contributed by atoms with E-state index in [0.29, 0.717) is 13.1 Å². The summed E-state index contributed by atoms with van der Waals surface area (Å²) in [7, 11) is 0. The van der Waals surface area contributed by atoms with Gasteiger partial charge in [-0.3, -0.25) is 4.79 Å². The predicted molar refractivity (Wildman–Crippen MR) is 94.0 cm³/mol. The number of anilines is 2. The van der Waals surface area contributed by atoms with E-state index in [2.05, 4.69) is 55.3 Å². The van der Waals surface area contributed by atoms with Gasteiger partial charge in [0, 0.05) is 37.6 Å². The van der Waals surface area contributed by atoms with Gasteiger partial charge in [-0.05, 0) is 51.5 Å². The third-order valence-corrected chi connectivity index (χ3v) is 3.71. The van der Waals surface area contributed by atoms with Crippen molar-refractivity contribution in [2.45, 2.75) is 34.1 Å². The highest BCUT2D eigenvalue weighted by Crippen LogP contribution is 2.26. The summed E-state index contributed by atoms with van der Waals surface area (Å²) in [4.78, 5) is 15.3. The number of aryl methyl sites for hydroxylation is 1. The molecule has 0 radical (unpaired) electrons. The first kappa shape index (κ1) is 18.1. The van der Waals surface area contributed by atoms with E-state index in [0.717, 1.165) is 29.9 Å². The van der Waals surface area contributed by atoms with E-state index >= 15 is 0 Å². The van der Waals surface area contributed by atoms with Gasteiger partial charge in [-0.2, -0.15) is 0 Å². The fourth-order valence-electron chi connectivity index (χ4n) is 2.62. The van der Waals surface area contributed by atoms with Crippen LogP contribution in [0.3, 0.4) is 0 Å². The molecule has 0 aromatic heterocycles. The highest BCUT2D eigenvalue weighted by atomic mass is 16.4. The molecule has 0 saturated heterocycles. The summed E-state index contributed by atoms with van der Waals surface area (Å²) in [5.41, 5.74) is 4.48. The number of hydrogen-bond donors (Lipinski definition) is 1. The van der Waals surface area contributed by atoms with Gasteiger partial charge >= 0.3 is 5.97 Å². The van der Waals surface area contributed by atoms with E-state index < -0.39 is 5.97 Å². The second-order valence-corrected chi connectivity index (χ2v) is 5.67. The van der Waals surface area contributed by atoms with Crippen molar-refractivity contribution in [3.05, 3.63) is 35.9 Å². The topological polar surface area (TPSA) is 43.8 Å². The quantitative estimate of drug-likeness (QED) is 0.707. The number of benzene rings is 1. The van der Waals surface area contributed by atoms with Crippen LogP contribution in [0.25, 0.3) is 0 Å². The van der Waals surface area contributed by atoms with Crippen LogP contribution in [0.5, 0.6) is 0 Å². The monoisotopic (exact) mass is 304 g/mol. The van der Waals surface area contributed by atoms with Gasteiger partial charge < -0.3 is 14.9 Å². The summed E-state index contributed by atoms with van der Waals surface area (Å²) >= 11 is 0. The van der Waals surface area contributed by atoms with Crippen LogP contribution in [0.1, 0.15) is 32.8 Å². The van der Waals surface area contributed by atoms with Crippen LogP contribution in [-0.4, -0.2) is 37.3 Å². The molecule has 0 saturated carbocycles. The first-order chi connectivity index (χ1) is 10.4. The molecule has 122 valence electrons. The summed E-state index contributed by atoms with van der Waals surface area (Å²) < 4.78 is 0. The molecular formula is C18H28N2O2. The van der Waals surface area contributed by atoms with Crippen LogP contribution >= 0.6 is 0 Å². The predicted octanol–water partition coefficient (Wildman–Crippen LogP) is 3.70. The number of carbonyl (C=O) groups is 1. The standard InChI is InChI=1S/C18H28N2O2/c1-6-19(7-2)16-8-9-17(15(5)12-16)20(13-14(3)4)11-10-18(21)22/h8-9,12H,3,6-7,10-11,13H2,1-2,4-5H3,(H,21,22). The van der Waals surface area contributed by atoms with Crippen LogP contribution in [0.15, 0.2) is 30.4 Å². The Morgan fingerprint density at radius 2 is 1.86 bits per heavy atom. The van der Waals surface area contributed by atoms with Crippen LogP contribution in [0.4, 0.5) is 11.4 Å². The van der Waals surface area contributed by atoms with Gasteiger partial charge in [-0.15, -0.1) is 0 Å². The Hall–Kier alpha value is -1.97. The Balaban J connectivity index is 3.03. The van der Waals surface area contributed by atoms with Crippen molar-refractivity contribution in [3.63, 3.8) is 0 Å². The minimum absolute atomic E-state index is 0.129. The van der Waals surface area contributed by atoms with Crippen molar-refractivity contribution < 1.29 is 9.90 Å². The molecule has 1 rings (SSSR count). The van der Waals surface area contributed by atoms with Crippen molar-refractivity contribution in [1.82, 2.24) is 0 Å². The SMILES string of the molecule is C=C(C)CN(CCC(=O)O)c1ccc(N(CC)CC)cc1C. The number of nitrogens with zero attached hydrogens (tertiary/aromatic N) is 2. The van der Waals surface area contributed by atoms with Gasteiger partial charge in [0.1, 0.15) is 0 Å². The van der Waals surface area contributed by atoms with E-state index in [1.807, 2.05) is 6.92 Å². The highest BCUT2D eigenvalue weighted by Gasteiger charge is 2.13. The summed E-state index contributed by atoms with van der Waals surface area (Å²) in [6.07, 6.45) is 0.129. The smallest absolute Gasteiger partial charge is 0.305 e. The Labute approximate surface area is 134 Å². The van der Waals surface area contributed by atoms with Gasteiger partial charge in [-0.1, -0.05) is 12.2 Å². The molecule has 0 spiro atoms. The molecule has 4 heteroatoms. The molecule has 1 aromatic carbocycles. The lowest BCUT2D eigenvalue weighted by atomic mass is 10.1. The van der Waals surface area contributed by atoms with Gasteiger partial charge in [-0.25, -0.2) is 0 Å². The lowest BCUT2D eigenvalue weighted by Gasteiger charge is -2.28. The molecule has 1 aromatic rings. The normalized spacial score (nSPS) is 10.4. The molecule has 0 fully saturated rings. The third-order valence-electron chi connectivity index (χ3n) is 3.71. The van der Waals surface area contributed by atoms with Crippen molar-refractivity contribution in [2.24, 2.45) is 0 Å². The zero-order valence-corrected chi connectivity index (χ0v) is 14.2. The molecule has 0 aliphatic carbocycles. The summed E-state index contributed by atoms with van der Waals surface area (Å²) in [5, 5.41) is 8.94. The number of aliphatic carboxylic acids is 1. The van der Waals surface area contributed by atoms with E-state index in [1.54, 1.807) is 0 Å². The summed E-state index contributed by atoms with van der Waals surface area (Å²) in [5.74, 6) is -0.774. The Morgan fingerprint density at radius 3 is 2.32 bits per heavy atom. The molecule has 22 heavy (non-hydrogen) atoms. The zero-order valence-electron chi connectivity index (χ0n) is 14.2. The summed E-state index contributed by atoms with van der Waals surface area (Å²) in [6, 6.07) is 6.38. The molecular weight excluding hydrogens is 276 g/mol. The Kier molecular flexibility index (Phi) is 6.96. The average Bonchev–Trinajstić information content (AvgIpc) is 2.44. The van der Waals surface area contributed by atoms with Crippen LogP contribution in [0, 0.1) is 6.92 Å². The first-order valence-corrected chi connectivity index (χ1v) is 7.85. The molecule has 0 atom stereocenters. The van der Waals surface area contributed by atoms with E-state index in [4.69, 9.17) is 5.11 Å². The van der Waals surface area contributed by atoms with Crippen molar-refractivity contribution in [3.8, 4) is 0 Å². The van der Waals surface area contributed by atoms with Gasteiger partial charge in [0.2, 0.25) is 0 Å². The number of carboxylic acid groups (broad SMARTS) is 1. The minimum atomic E-state index is -0.774. The Bertz CT molecular complexity index is 522. The molecule has 0 aliphatic rings. The number of carboxylic acids is 1. The maximum Gasteiger partial charge on any atom is 0.305 e. The Morgan fingerprint density at radius 1 is 1.23 bits per heavy atom. The van der Waals surface area contributed by atoms with Crippen molar-refractivity contribution in [2.75, 3.05) is 36.0 Å². The molecule has 1 N–H and O–H groups in total. The fraction of sp³-hybridized carbons (Fsp3) is 0.500. The molecule has 0 unspecified atom stereocenters. The van der Waals surface area contributed by atoms with E-state index in [-0.39, 0.29) is 6.42 Å². The number of rotatable bonds is 9. The van der Waals surface area contributed by atoms with Gasteiger partial charge in [0.05, 0.1) is 6.42 Å². The minimum Gasteiger partial charge on any atom is -0.481 e. The highest BCUT2D eigenvalue weighted by molar-refractivity contribution is 5.68. The summed E-state index contributed by atoms with van der Waals surface area (Å²) in [6.45, 7) is 15.4. The van der Waals surface area contributed by atoms with Crippen LogP contribution < -0.4 is 9.80 Å².